The third-order valence-electron chi connectivity index (χ3n) is 13.7. The van der Waals surface area contributed by atoms with E-state index in [4.69, 9.17) is 21.4 Å². The summed E-state index contributed by atoms with van der Waals surface area (Å²) in [7, 11) is 0. The summed E-state index contributed by atoms with van der Waals surface area (Å²) in [4.78, 5) is 126. The first-order valence-electron chi connectivity index (χ1n) is 27.7. The number of ketones is 1. The Morgan fingerprint density at radius 2 is 1.40 bits per heavy atom. The van der Waals surface area contributed by atoms with Crippen LogP contribution in [0.5, 0.6) is 0 Å². The van der Waals surface area contributed by atoms with E-state index in [1.54, 1.807) is 26.1 Å². The number of carbonyl (C=O) groups is 10. The van der Waals surface area contributed by atoms with Crippen LogP contribution in [0.2, 0.25) is 0 Å². The van der Waals surface area contributed by atoms with Gasteiger partial charge in [0, 0.05) is 86.7 Å². The zero-order valence-electron chi connectivity index (χ0n) is 48.2. The minimum atomic E-state index is -5.08. The van der Waals surface area contributed by atoms with Crippen molar-refractivity contribution in [2.75, 3.05) is 32.8 Å². The molecule has 85 heavy (non-hydrogen) atoms. The molecule has 0 saturated carbocycles. The van der Waals surface area contributed by atoms with Crippen molar-refractivity contribution in [2.45, 2.75) is 142 Å². The van der Waals surface area contributed by atoms with Gasteiger partial charge < -0.3 is 57.5 Å². The lowest BCUT2D eigenvalue weighted by atomic mass is 9.82. The molecule has 2 aromatic carbocycles. The maximum atomic E-state index is 15.2. The van der Waals surface area contributed by atoms with Crippen molar-refractivity contribution in [3.05, 3.63) is 95.8 Å². The molecule has 1 aromatic heterocycles. The fourth-order valence-corrected chi connectivity index (χ4v) is 9.38. The maximum Gasteiger partial charge on any atom is 0.490 e. The molecule has 4 rings (SSSR count). The van der Waals surface area contributed by atoms with Crippen molar-refractivity contribution in [3.8, 4) is 11.1 Å². The second-order valence-corrected chi connectivity index (χ2v) is 21.9. The van der Waals surface area contributed by atoms with Crippen LogP contribution in [-0.4, -0.2) is 146 Å². The first kappa shape index (κ1) is 71.2. The molecule has 0 saturated heterocycles. The van der Waals surface area contributed by atoms with Gasteiger partial charge in [0.15, 0.2) is 5.78 Å². The molecular formula is C58H78F5N9O13. The second kappa shape index (κ2) is 34.0. The van der Waals surface area contributed by atoms with Crippen molar-refractivity contribution in [1.29, 1.82) is 0 Å². The summed E-state index contributed by atoms with van der Waals surface area (Å²) in [5.74, 6) is -10.3. The van der Waals surface area contributed by atoms with Gasteiger partial charge in [0.2, 0.25) is 23.6 Å². The molecule has 5 atom stereocenters. The van der Waals surface area contributed by atoms with Gasteiger partial charge in [-0.2, -0.15) is 13.2 Å². The smallest absolute Gasteiger partial charge is 0.480 e. The molecule has 2 heterocycles. The quantitative estimate of drug-likeness (QED) is 0.0214. The first-order chi connectivity index (χ1) is 39.8. The third kappa shape index (κ3) is 23.8. The number of carbonyl (C=O) groups excluding carboxylic acids is 8. The Morgan fingerprint density at radius 3 is 1.98 bits per heavy atom. The van der Waals surface area contributed by atoms with E-state index in [0.29, 0.717) is 37.1 Å². The van der Waals surface area contributed by atoms with Crippen LogP contribution in [-0.2, 0) is 49.7 Å². The van der Waals surface area contributed by atoms with Gasteiger partial charge in [0.1, 0.15) is 24.3 Å². The van der Waals surface area contributed by atoms with E-state index in [0.717, 1.165) is 28.7 Å². The number of aliphatic carboxylic acids is 2. The van der Waals surface area contributed by atoms with Gasteiger partial charge >= 0.3 is 24.1 Å². The number of alkyl halides is 3. The number of nitrogens with zero attached hydrogens (tertiary/aromatic N) is 3. The van der Waals surface area contributed by atoms with Crippen LogP contribution in [0.25, 0.3) is 11.1 Å². The van der Waals surface area contributed by atoms with Crippen LogP contribution >= 0.6 is 0 Å². The number of Topliss-reactive ketones (excluding diaryl/α,β-unsaturated/α-hetero) is 1. The Bertz CT molecular complexity index is 2810. The van der Waals surface area contributed by atoms with Crippen molar-refractivity contribution < 1.29 is 85.2 Å². The predicted molar refractivity (Wildman–Crippen MR) is 300 cm³/mol. The molecule has 1 aliphatic heterocycles. The number of amides is 8. The molecule has 1 aliphatic rings. The van der Waals surface area contributed by atoms with Gasteiger partial charge in [-0.1, -0.05) is 71.4 Å². The van der Waals surface area contributed by atoms with Crippen LogP contribution in [0.3, 0.4) is 0 Å². The molecule has 27 heteroatoms. The number of benzene rings is 2. The normalized spacial score (nSPS) is 14.1. The fraction of sp³-hybridized carbons (Fsp3) is 0.517. The monoisotopic (exact) mass is 1200 g/mol. The molecule has 3 aromatic rings. The number of aliphatic hydroxyl groups is 1. The molecule has 0 aliphatic carbocycles. The van der Waals surface area contributed by atoms with E-state index in [-0.39, 0.29) is 101 Å². The fourth-order valence-electron chi connectivity index (χ4n) is 9.38. The van der Waals surface area contributed by atoms with Gasteiger partial charge in [-0.25, -0.2) is 23.2 Å². The number of primary amides is 1. The number of unbranched alkanes of at least 4 members (excludes halogenated alkanes) is 3. The molecule has 0 fully saturated rings. The van der Waals surface area contributed by atoms with E-state index < -0.39 is 107 Å². The number of carboxylic acid groups (broad SMARTS) is 2. The Balaban J connectivity index is 0.00000253. The minimum absolute atomic E-state index is 0.0213. The van der Waals surface area contributed by atoms with Crippen LogP contribution in [0.1, 0.15) is 123 Å². The number of aromatic nitrogens is 1. The van der Waals surface area contributed by atoms with Crippen molar-refractivity contribution >= 4 is 59.2 Å². The number of aliphatic hydroxyl groups excluding tert-OH is 1. The standard InChI is InChI=1S/C56H77F2N9O11.C2HF3O2/c1-35(2)50(64-46(70)19-10-7-13-27-66-47(71)22-23-48(66)72)45(69)30-37(17-14-26-62-55(60)78)52(74)63-43(54(76)77)18-11-12-25-61-53(75)42(59)24-28-67(49(73)34-68)51(56(3,4)5)44-29-38(40-31-39(57)20-21-41(40)58)33-65(44)32-36-15-8-6-9-16-36;3-2(4,5)1(6)7/h6,8-9,15-16,20-23,29,31,33,35,37,42-43,50-51,68H,7,10-14,17-19,24-28,30,32,34,59H2,1-5H3,(H,61,75)(H,63,74)(H,64,70)(H,76,77)(H3,60,62,78);(H,6,7)/t37-,42+,43+,50+,51+;/m1./s1. The minimum Gasteiger partial charge on any atom is -0.480 e. The second-order valence-electron chi connectivity index (χ2n) is 21.9. The lowest BCUT2D eigenvalue weighted by molar-refractivity contribution is -0.192. The zero-order chi connectivity index (χ0) is 63.8. The third-order valence-corrected chi connectivity index (χ3v) is 13.7. The van der Waals surface area contributed by atoms with Crippen molar-refractivity contribution in [3.63, 3.8) is 0 Å². The number of urea groups is 1. The van der Waals surface area contributed by atoms with E-state index in [1.807, 2.05) is 55.7 Å². The molecule has 0 radical (unpaired) electrons. The molecule has 0 unspecified atom stereocenters. The molecule has 8 amide bonds. The summed E-state index contributed by atoms with van der Waals surface area (Å²) in [6.07, 6.45) is 0.880. The lowest BCUT2D eigenvalue weighted by Crippen LogP contribution is -2.48. The predicted octanol–water partition coefficient (Wildman–Crippen LogP) is 5.25. The molecule has 468 valence electrons. The number of nitrogens with two attached hydrogens (primary N) is 2. The topological polar surface area (TPSA) is 343 Å². The van der Waals surface area contributed by atoms with E-state index >= 15 is 4.39 Å². The van der Waals surface area contributed by atoms with E-state index in [2.05, 4.69) is 21.3 Å². The van der Waals surface area contributed by atoms with Gasteiger partial charge in [0.05, 0.1) is 18.1 Å². The summed E-state index contributed by atoms with van der Waals surface area (Å²) < 4.78 is 63.2. The summed E-state index contributed by atoms with van der Waals surface area (Å²) >= 11 is 0. The Hall–Kier alpha value is -8.07. The number of carboxylic acids is 2. The average molecular weight is 1200 g/mol. The highest BCUT2D eigenvalue weighted by Gasteiger charge is 2.39. The number of halogens is 5. The average Bonchev–Trinajstić information content (AvgIpc) is 2.04. The van der Waals surface area contributed by atoms with Gasteiger partial charge in [-0.15, -0.1) is 0 Å². The molecule has 22 nitrogen and oxygen atoms in total. The lowest BCUT2D eigenvalue weighted by Gasteiger charge is -2.41. The number of imide groups is 1. The first-order valence-corrected chi connectivity index (χ1v) is 27.7. The van der Waals surface area contributed by atoms with Gasteiger partial charge in [-0.05, 0) is 92.5 Å². The summed E-state index contributed by atoms with van der Waals surface area (Å²) in [5.41, 5.74) is 12.7. The molecule has 11 N–H and O–H groups in total. The van der Waals surface area contributed by atoms with Crippen LogP contribution < -0.4 is 32.7 Å². The van der Waals surface area contributed by atoms with Gasteiger partial charge in [0.25, 0.3) is 11.8 Å². The number of nitrogens with one attached hydrogen (secondary N) is 4. The highest BCUT2D eigenvalue weighted by molar-refractivity contribution is 6.12. The van der Waals surface area contributed by atoms with E-state index in [1.165, 1.54) is 17.1 Å². The number of hydrogen-bond donors (Lipinski definition) is 9. The summed E-state index contributed by atoms with van der Waals surface area (Å²) in [6.45, 7) is 8.88. The number of hydrogen-bond acceptors (Lipinski definition) is 12. The van der Waals surface area contributed by atoms with E-state index in [9.17, 15) is 70.9 Å². The van der Waals surface area contributed by atoms with Crippen LogP contribution in [0, 0.1) is 28.9 Å². The molecule has 0 bridgehead atoms. The Labute approximate surface area is 489 Å². The number of rotatable bonds is 33. The molecular weight excluding hydrogens is 1130 g/mol. The zero-order valence-corrected chi connectivity index (χ0v) is 48.2. The van der Waals surface area contributed by atoms with Crippen molar-refractivity contribution in [1.82, 2.24) is 35.6 Å². The Kier molecular flexibility index (Phi) is 28.5. The highest BCUT2D eigenvalue weighted by Crippen LogP contribution is 2.41. The van der Waals surface area contributed by atoms with Crippen LogP contribution in [0.4, 0.5) is 26.7 Å². The maximum absolute atomic E-state index is 15.2. The van der Waals surface area contributed by atoms with Crippen molar-refractivity contribution in [2.24, 2.45) is 28.7 Å². The molecule has 0 spiro atoms. The highest BCUT2D eigenvalue weighted by atomic mass is 19.4. The van der Waals surface area contributed by atoms with Gasteiger partial charge in [-0.3, -0.25) is 38.5 Å². The van der Waals surface area contributed by atoms with Crippen LogP contribution in [0.15, 0.2) is 72.9 Å². The largest absolute Gasteiger partial charge is 0.490 e. The summed E-state index contributed by atoms with van der Waals surface area (Å²) in [5, 5.41) is 37.9. The SMILES string of the molecule is CC(C)[C@H](NC(=O)CCCCCN1C(=O)C=CC1=O)C(=O)C[C@@H](CCCNC(N)=O)C(=O)N[C@@H](CCCCNC(=O)[C@@H](N)CCN(C(=O)CO)[C@@H](c1cc(-c2cc(F)ccc2F)cn1Cc1ccccc1)C(C)(C)C)C(=O)O.O=C(O)C(F)(F)F. The summed E-state index contributed by atoms with van der Waals surface area (Å²) in [6, 6.07) is 9.24. The Morgan fingerprint density at radius 1 is 0.765 bits per heavy atom.